The van der Waals surface area contributed by atoms with E-state index in [2.05, 4.69) is 0 Å². The lowest BCUT2D eigenvalue weighted by molar-refractivity contribution is -0.660. The average Bonchev–Trinajstić information content (AvgIpc) is 3.33. The Morgan fingerprint density at radius 1 is 0.867 bits per heavy atom. The number of para-hydroxylation sites is 1. The molecule has 0 aliphatic heterocycles. The Bertz CT molecular complexity index is 1740. The summed E-state index contributed by atoms with van der Waals surface area (Å²) in [6.45, 7) is 1.69. The van der Waals surface area contributed by atoms with E-state index in [1.165, 1.54) is 0 Å². The molecule has 4 aromatic heterocycles. The zero-order chi connectivity index (χ0) is 23.1. The van der Waals surface area contributed by atoms with E-state index in [0.29, 0.717) is 27.9 Å². The van der Waals surface area contributed by atoms with Gasteiger partial charge in [0.05, 0.1) is 10.9 Å². The number of nitrogens with zero attached hydrogens (tertiary/aromatic N) is 2. The number of aromatic nitrogens is 2. The molecule has 0 radical (unpaired) electrons. The van der Waals surface area contributed by atoms with Gasteiger partial charge in [0.2, 0.25) is 5.69 Å². The molecule has 0 aliphatic rings. The highest BCUT2D eigenvalue weighted by Crippen LogP contribution is 2.40. The van der Waals surface area contributed by atoms with Gasteiger partial charge in [0, 0.05) is 32.7 Å². The molecular formula is C26H21N2O2+. The van der Waals surface area contributed by atoms with Crippen molar-refractivity contribution in [1.82, 2.24) is 4.98 Å². The van der Waals surface area contributed by atoms with Gasteiger partial charge < -0.3 is 8.83 Å². The molecule has 0 fully saturated rings. The molecule has 0 spiro atoms. The van der Waals surface area contributed by atoms with Crippen LogP contribution in [-0.2, 0) is 7.05 Å². The number of furan rings is 2. The smallest absolute Gasteiger partial charge is 0.216 e. The lowest BCUT2D eigenvalue weighted by atomic mass is 9.99. The molecule has 4 heteroatoms. The predicted octanol–water partition coefficient (Wildman–Crippen LogP) is 6.30. The molecule has 2 aromatic carbocycles. The summed E-state index contributed by atoms with van der Waals surface area (Å²) < 4.78 is 38.0. The maximum atomic E-state index is 7.84. The molecule has 0 unspecified atom stereocenters. The molecule has 0 saturated carbocycles. The zero-order valence-electron chi connectivity index (χ0n) is 19.9. The van der Waals surface area contributed by atoms with E-state index < -0.39 is 6.85 Å². The van der Waals surface area contributed by atoms with Crippen LogP contribution in [0.5, 0.6) is 0 Å². The number of fused-ring (bicyclic) bond motifs is 7. The first-order chi connectivity index (χ1) is 15.7. The molecule has 4 heterocycles. The van der Waals surface area contributed by atoms with Crippen molar-refractivity contribution < 1.29 is 17.5 Å². The van der Waals surface area contributed by atoms with Crippen LogP contribution >= 0.6 is 0 Å². The van der Waals surface area contributed by atoms with Gasteiger partial charge in [0.15, 0.2) is 22.9 Å². The molecule has 4 nitrogen and oxygen atoms in total. The summed E-state index contributed by atoms with van der Waals surface area (Å²) in [7, 11) is 1.86. The molecule has 0 amide bonds. The van der Waals surface area contributed by atoms with Gasteiger partial charge in [-0.3, -0.25) is 4.98 Å². The summed E-state index contributed by atoms with van der Waals surface area (Å²) >= 11 is 0. The first-order valence-corrected chi connectivity index (χ1v) is 9.87. The minimum absolute atomic E-state index is 0.342. The number of pyridine rings is 2. The van der Waals surface area contributed by atoms with Crippen LogP contribution in [0.4, 0.5) is 0 Å². The van der Waals surface area contributed by atoms with Gasteiger partial charge in [0.25, 0.3) is 0 Å². The maximum Gasteiger partial charge on any atom is 0.216 e. The van der Waals surface area contributed by atoms with Crippen molar-refractivity contribution >= 4 is 44.0 Å². The van der Waals surface area contributed by atoms with E-state index in [9.17, 15) is 0 Å². The normalized spacial score (nSPS) is 13.9. The van der Waals surface area contributed by atoms with Gasteiger partial charge >= 0.3 is 0 Å². The van der Waals surface area contributed by atoms with Crippen molar-refractivity contribution in [2.24, 2.45) is 7.05 Å². The molecule has 6 rings (SSSR count). The largest absolute Gasteiger partial charge is 0.452 e. The Hall–Kier alpha value is -3.66. The number of hydrogen-bond acceptors (Lipinski definition) is 3. The fourth-order valence-electron chi connectivity index (χ4n) is 4.34. The van der Waals surface area contributed by atoms with Crippen molar-refractivity contribution in [3.8, 4) is 11.3 Å². The number of aryl methyl sites for hydroxylation is 4. The molecule has 0 N–H and O–H groups in total. The van der Waals surface area contributed by atoms with Gasteiger partial charge in [-0.2, -0.15) is 0 Å². The average molecular weight is 396 g/mol. The fourth-order valence-corrected chi connectivity index (χ4v) is 4.34. The molecule has 0 aliphatic carbocycles. The summed E-state index contributed by atoms with van der Waals surface area (Å²) in [6, 6.07) is 13.9. The summed E-state index contributed by atoms with van der Waals surface area (Å²) in [5.41, 5.74) is 7.42. The third-order valence-corrected chi connectivity index (χ3v) is 5.94. The van der Waals surface area contributed by atoms with Crippen LogP contribution < -0.4 is 4.57 Å². The number of benzene rings is 2. The molecule has 30 heavy (non-hydrogen) atoms. The van der Waals surface area contributed by atoms with Crippen molar-refractivity contribution in [3.63, 3.8) is 0 Å². The Balaban J connectivity index is 1.70. The maximum absolute atomic E-state index is 7.84. The van der Waals surface area contributed by atoms with Crippen LogP contribution in [0.25, 0.3) is 55.3 Å². The highest BCUT2D eigenvalue weighted by Gasteiger charge is 2.24. The quantitative estimate of drug-likeness (QED) is 0.306. The van der Waals surface area contributed by atoms with Gasteiger partial charge in [-0.1, -0.05) is 24.3 Å². The van der Waals surface area contributed by atoms with Crippen molar-refractivity contribution in [1.29, 1.82) is 0 Å². The van der Waals surface area contributed by atoms with Crippen molar-refractivity contribution in [2.45, 2.75) is 20.7 Å². The molecule has 6 aromatic rings. The lowest BCUT2D eigenvalue weighted by Crippen LogP contribution is -2.31. The Morgan fingerprint density at radius 3 is 2.60 bits per heavy atom. The Labute approximate surface area is 177 Å². The third kappa shape index (κ3) is 2.22. The molecule has 0 saturated heterocycles. The van der Waals surface area contributed by atoms with E-state index in [-0.39, 0.29) is 0 Å². The second-order valence-corrected chi connectivity index (χ2v) is 7.88. The van der Waals surface area contributed by atoms with Crippen LogP contribution in [-0.4, -0.2) is 4.98 Å². The van der Waals surface area contributed by atoms with Crippen LogP contribution in [0, 0.1) is 20.7 Å². The minimum Gasteiger partial charge on any atom is -0.452 e. The topological polar surface area (TPSA) is 43.0 Å². The molecule has 146 valence electrons. The lowest BCUT2D eigenvalue weighted by Gasteiger charge is -2.07. The summed E-state index contributed by atoms with van der Waals surface area (Å²) in [5, 5.41) is 2.81. The Morgan fingerprint density at radius 2 is 1.73 bits per heavy atom. The first-order valence-electron chi connectivity index (χ1n) is 11.4. The standard InChI is InChI=1S/C26H21N2O2/c1-14-9-10-18-23-26(25-19(12-27-23)17-7-5-6-8-21(17)29-25)30-24(18)22(14)20-11-15(2)16(3)13-28(20)4/h5-13H,1-4H3/q+1/i3D3. The van der Waals surface area contributed by atoms with E-state index >= 15 is 0 Å². The Kier molecular flexibility index (Phi) is 2.83. The summed E-state index contributed by atoms with van der Waals surface area (Å²) in [5.74, 6) is 0. The number of rotatable bonds is 1. The second-order valence-electron chi connectivity index (χ2n) is 7.88. The highest BCUT2D eigenvalue weighted by atomic mass is 16.4. The van der Waals surface area contributed by atoms with E-state index in [4.69, 9.17) is 17.9 Å². The highest BCUT2D eigenvalue weighted by molar-refractivity contribution is 6.18. The van der Waals surface area contributed by atoms with E-state index in [0.717, 1.165) is 44.1 Å². The van der Waals surface area contributed by atoms with Crippen LogP contribution in [0.3, 0.4) is 0 Å². The number of hydrogen-bond donors (Lipinski definition) is 0. The van der Waals surface area contributed by atoms with Crippen LogP contribution in [0.2, 0.25) is 0 Å². The third-order valence-electron chi connectivity index (χ3n) is 5.94. The minimum atomic E-state index is -2.17. The molecule has 0 bridgehead atoms. The van der Waals surface area contributed by atoms with E-state index in [1.54, 1.807) is 6.20 Å². The summed E-state index contributed by atoms with van der Waals surface area (Å²) in [6.07, 6.45) is 3.53. The van der Waals surface area contributed by atoms with Gasteiger partial charge in [0.1, 0.15) is 18.1 Å². The second kappa shape index (κ2) is 5.92. The predicted molar refractivity (Wildman–Crippen MR) is 120 cm³/mol. The van der Waals surface area contributed by atoms with E-state index in [1.807, 2.05) is 74.1 Å². The zero-order valence-corrected chi connectivity index (χ0v) is 16.9. The molecule has 0 atom stereocenters. The van der Waals surface area contributed by atoms with Crippen molar-refractivity contribution in [3.05, 3.63) is 71.5 Å². The van der Waals surface area contributed by atoms with Gasteiger partial charge in [-0.25, -0.2) is 4.57 Å². The van der Waals surface area contributed by atoms with Crippen LogP contribution in [0.1, 0.15) is 20.8 Å². The SMILES string of the molecule is [2H]C([2H])([2H])c1c[n+](C)c(-c2c(C)ccc3c2oc2c3ncc3c4ccccc4oc32)cc1C. The summed E-state index contributed by atoms with van der Waals surface area (Å²) in [4.78, 5) is 4.74. The van der Waals surface area contributed by atoms with Gasteiger partial charge in [-0.15, -0.1) is 0 Å². The first kappa shape index (κ1) is 14.3. The monoisotopic (exact) mass is 396 g/mol. The van der Waals surface area contributed by atoms with Gasteiger partial charge in [-0.05, 0) is 44.0 Å². The molecular weight excluding hydrogens is 372 g/mol. The fraction of sp³-hybridized carbons (Fsp3) is 0.154. The van der Waals surface area contributed by atoms with Crippen molar-refractivity contribution in [2.75, 3.05) is 0 Å². The van der Waals surface area contributed by atoms with Crippen LogP contribution in [0.15, 0.2) is 63.7 Å².